The number of amides is 1. The number of hydrogen-bond acceptors (Lipinski definition) is 3. The van der Waals surface area contributed by atoms with Gasteiger partial charge in [-0.05, 0) is 50.4 Å². The van der Waals surface area contributed by atoms with E-state index in [1.165, 1.54) is 16.5 Å². The molecule has 128 valence electrons. The highest BCUT2D eigenvalue weighted by molar-refractivity contribution is 14.2. The van der Waals surface area contributed by atoms with Gasteiger partial charge in [0.2, 0.25) is 5.91 Å². The zero-order chi connectivity index (χ0) is 16.6. The molecular weight excluding hydrogens is 433 g/mol. The van der Waals surface area contributed by atoms with Gasteiger partial charge in [0.1, 0.15) is 0 Å². The second kappa shape index (κ2) is 6.88. The van der Waals surface area contributed by atoms with E-state index in [2.05, 4.69) is 65.9 Å². The van der Waals surface area contributed by atoms with Gasteiger partial charge in [-0.15, -0.1) is 0 Å². The quantitative estimate of drug-likeness (QED) is 0.712. The number of carbonyl (C=O) groups is 1. The van der Waals surface area contributed by atoms with Gasteiger partial charge in [0.15, 0.2) is 0 Å². The van der Waals surface area contributed by atoms with Crippen LogP contribution in [-0.4, -0.2) is 34.4 Å². The average Bonchev–Trinajstić information content (AvgIpc) is 2.98. The van der Waals surface area contributed by atoms with Crippen LogP contribution in [0.15, 0.2) is 30.5 Å². The fraction of sp³-hybridized carbons (Fsp3) is 0.500. The summed E-state index contributed by atoms with van der Waals surface area (Å²) < 4.78 is 2.19. The van der Waals surface area contributed by atoms with E-state index in [4.69, 9.17) is 0 Å². The van der Waals surface area contributed by atoms with Gasteiger partial charge in [-0.3, -0.25) is 8.77 Å². The summed E-state index contributed by atoms with van der Waals surface area (Å²) in [5.74, 6) is 0.384. The molecule has 0 saturated carbocycles. The fourth-order valence-electron chi connectivity index (χ4n) is 4.28. The number of halogens is 1. The minimum absolute atomic E-state index is 0.0973. The third kappa shape index (κ3) is 2.86. The topological polar surface area (TPSA) is 37.3 Å². The molecular formula is C18H22IN3OS. The molecule has 2 aliphatic rings. The summed E-state index contributed by atoms with van der Waals surface area (Å²) in [6.07, 6.45) is 6.38. The molecule has 4 rings (SSSR count). The van der Waals surface area contributed by atoms with Crippen molar-refractivity contribution in [3.8, 4) is 0 Å². The second-order valence-corrected chi connectivity index (χ2v) is 8.64. The first kappa shape index (κ1) is 16.7. The Morgan fingerprint density at radius 1 is 1.21 bits per heavy atom. The summed E-state index contributed by atoms with van der Waals surface area (Å²) >= 11 is 2.31. The molecule has 1 N–H and O–H groups in total. The van der Waals surface area contributed by atoms with Gasteiger partial charge < -0.3 is 10.2 Å². The number of nitrogens with zero attached hydrogens (tertiary/aromatic N) is 2. The maximum absolute atomic E-state index is 13.2. The van der Waals surface area contributed by atoms with E-state index in [0.717, 1.165) is 51.9 Å². The largest absolute Gasteiger partial charge is 0.338 e. The number of para-hydroxylation sites is 1. The Labute approximate surface area is 159 Å². The molecule has 6 heteroatoms. The molecule has 1 amide bonds. The summed E-state index contributed by atoms with van der Waals surface area (Å²) in [5.41, 5.74) is 2.39. The first-order valence-electron chi connectivity index (χ1n) is 8.62. The molecule has 2 fully saturated rings. The predicted molar refractivity (Wildman–Crippen MR) is 108 cm³/mol. The maximum atomic E-state index is 13.2. The van der Waals surface area contributed by atoms with E-state index in [1.54, 1.807) is 9.12 Å². The van der Waals surface area contributed by atoms with E-state index in [0.29, 0.717) is 5.91 Å². The van der Waals surface area contributed by atoms with Crippen LogP contribution in [0.1, 0.15) is 31.2 Å². The lowest BCUT2D eigenvalue weighted by atomic mass is 9.72. The molecule has 24 heavy (non-hydrogen) atoms. The molecule has 2 aliphatic heterocycles. The van der Waals surface area contributed by atoms with Gasteiger partial charge in [-0.1, -0.05) is 18.2 Å². The van der Waals surface area contributed by atoms with Crippen molar-refractivity contribution in [3.05, 3.63) is 36.0 Å². The molecule has 0 radical (unpaired) electrons. The van der Waals surface area contributed by atoms with Crippen LogP contribution in [-0.2, 0) is 11.3 Å². The van der Waals surface area contributed by atoms with Gasteiger partial charge >= 0.3 is 0 Å². The van der Waals surface area contributed by atoms with Gasteiger partial charge in [0.25, 0.3) is 0 Å². The Balaban J connectivity index is 1.62. The number of piperidine rings is 2. The van der Waals surface area contributed by atoms with Crippen molar-refractivity contribution in [2.45, 2.75) is 32.2 Å². The Kier molecular flexibility index (Phi) is 4.79. The predicted octanol–water partition coefficient (Wildman–Crippen LogP) is 3.98. The monoisotopic (exact) mass is 455 g/mol. The third-order valence-electron chi connectivity index (χ3n) is 5.58. The average molecular weight is 455 g/mol. The summed E-state index contributed by atoms with van der Waals surface area (Å²) in [5, 5.41) is 4.66. The third-order valence-corrected chi connectivity index (χ3v) is 7.30. The number of rotatable bonds is 3. The van der Waals surface area contributed by atoms with Crippen LogP contribution in [0.4, 0.5) is 0 Å². The molecule has 0 atom stereocenters. The lowest BCUT2D eigenvalue weighted by Crippen LogP contribution is -2.52. The minimum Gasteiger partial charge on any atom is -0.338 e. The summed E-state index contributed by atoms with van der Waals surface area (Å²) in [6.45, 7) is 3.58. The van der Waals surface area contributed by atoms with E-state index in [-0.39, 0.29) is 5.41 Å². The van der Waals surface area contributed by atoms with Crippen molar-refractivity contribution in [1.29, 1.82) is 0 Å². The first-order valence-corrected chi connectivity index (χ1v) is 11.9. The van der Waals surface area contributed by atoms with Gasteiger partial charge in [-0.2, -0.15) is 0 Å². The lowest BCUT2D eigenvalue weighted by molar-refractivity contribution is -0.149. The molecule has 2 aromatic rings. The van der Waals surface area contributed by atoms with E-state index in [9.17, 15) is 4.79 Å². The summed E-state index contributed by atoms with van der Waals surface area (Å²) in [4.78, 5) is 15.3. The Hall–Kier alpha value is -0.730. The van der Waals surface area contributed by atoms with Crippen LogP contribution in [0.5, 0.6) is 0 Å². The molecule has 1 aromatic heterocycles. The van der Waals surface area contributed by atoms with Crippen LogP contribution in [0.3, 0.4) is 0 Å². The molecule has 0 aliphatic carbocycles. The molecule has 0 unspecified atom stereocenters. The van der Waals surface area contributed by atoms with Crippen molar-refractivity contribution < 1.29 is 4.79 Å². The highest BCUT2D eigenvalue weighted by Gasteiger charge is 2.44. The normalized spacial score (nSPS) is 20.9. The standard InChI is InChI=1S/C18H22IN3OS/c19-24-22-13-14(15-4-1-2-5-16(15)22)12-21-11-3-6-18(17(21)23)7-9-20-10-8-18/h1-2,4-5,13,20H,3,6-12H2. The highest BCUT2D eigenvalue weighted by Crippen LogP contribution is 2.40. The molecule has 1 spiro atoms. The number of fused-ring (bicyclic) bond motifs is 1. The van der Waals surface area contributed by atoms with Crippen LogP contribution >= 0.6 is 30.3 Å². The number of likely N-dealkylation sites (tertiary alicyclic amines) is 1. The Morgan fingerprint density at radius 3 is 2.79 bits per heavy atom. The summed E-state index contributed by atoms with van der Waals surface area (Å²) in [7, 11) is 1.68. The Bertz CT molecular complexity index is 748. The summed E-state index contributed by atoms with van der Waals surface area (Å²) in [6, 6.07) is 8.48. The van der Waals surface area contributed by atoms with Gasteiger partial charge in [-0.25, -0.2) is 0 Å². The SMILES string of the molecule is O=C1N(Cc2cn(SI)c3ccccc23)CCCC12CCNCC2. The number of hydrogen-bond donors (Lipinski definition) is 1. The van der Waals surface area contributed by atoms with Gasteiger partial charge in [0, 0.05) is 55.0 Å². The molecule has 3 heterocycles. The molecule has 2 saturated heterocycles. The first-order chi connectivity index (χ1) is 11.7. The zero-order valence-corrected chi connectivity index (χ0v) is 16.6. The maximum Gasteiger partial charge on any atom is 0.229 e. The number of carbonyl (C=O) groups excluding carboxylic acids is 1. The number of nitrogens with one attached hydrogen (secondary N) is 1. The van der Waals surface area contributed by atoms with Crippen LogP contribution in [0, 0.1) is 5.41 Å². The van der Waals surface area contributed by atoms with Crippen LogP contribution < -0.4 is 5.32 Å². The molecule has 0 bridgehead atoms. The number of aromatic nitrogens is 1. The number of benzene rings is 1. The van der Waals surface area contributed by atoms with Gasteiger partial charge in [0.05, 0.1) is 10.9 Å². The van der Waals surface area contributed by atoms with Crippen LogP contribution in [0.25, 0.3) is 10.9 Å². The van der Waals surface area contributed by atoms with E-state index >= 15 is 0 Å². The van der Waals surface area contributed by atoms with Crippen molar-refractivity contribution in [2.75, 3.05) is 19.6 Å². The minimum atomic E-state index is -0.0973. The molecule has 4 nitrogen and oxygen atoms in total. The highest BCUT2D eigenvalue weighted by atomic mass is 127. The fourth-order valence-corrected chi connectivity index (χ4v) is 5.66. The van der Waals surface area contributed by atoms with Crippen molar-refractivity contribution in [1.82, 2.24) is 14.2 Å². The second-order valence-electron chi connectivity index (χ2n) is 6.93. The zero-order valence-electron chi connectivity index (χ0n) is 13.6. The van der Waals surface area contributed by atoms with E-state index < -0.39 is 0 Å². The lowest BCUT2D eigenvalue weighted by Gasteiger charge is -2.44. The van der Waals surface area contributed by atoms with Crippen molar-refractivity contribution in [2.24, 2.45) is 5.41 Å². The van der Waals surface area contributed by atoms with Crippen molar-refractivity contribution in [3.63, 3.8) is 0 Å². The van der Waals surface area contributed by atoms with Crippen LogP contribution in [0.2, 0.25) is 0 Å². The molecule has 1 aromatic carbocycles. The smallest absolute Gasteiger partial charge is 0.229 e. The van der Waals surface area contributed by atoms with Crippen molar-refractivity contribution >= 4 is 47.1 Å². The Morgan fingerprint density at radius 2 is 2.00 bits per heavy atom. The van der Waals surface area contributed by atoms with E-state index in [1.807, 2.05) is 0 Å².